The molecule has 1 fully saturated rings. The van der Waals surface area contributed by atoms with E-state index < -0.39 is 0 Å². The lowest BCUT2D eigenvalue weighted by molar-refractivity contribution is 0.281. The molecule has 0 radical (unpaired) electrons. The summed E-state index contributed by atoms with van der Waals surface area (Å²) in [6.07, 6.45) is 3.89. The number of hydrogen-bond acceptors (Lipinski definition) is 2. The highest BCUT2D eigenvalue weighted by Crippen LogP contribution is 2.46. The zero-order valence-electron chi connectivity index (χ0n) is 10.0. The topological polar surface area (TPSA) is 3.24 Å². The summed E-state index contributed by atoms with van der Waals surface area (Å²) in [7, 11) is 2.23. The second-order valence-electron chi connectivity index (χ2n) is 5.13. The van der Waals surface area contributed by atoms with Gasteiger partial charge in [0.1, 0.15) is 0 Å². The molecule has 0 heterocycles. The van der Waals surface area contributed by atoms with Crippen molar-refractivity contribution in [3.63, 3.8) is 0 Å². The van der Waals surface area contributed by atoms with Gasteiger partial charge in [0.15, 0.2) is 0 Å². The van der Waals surface area contributed by atoms with Crippen molar-refractivity contribution in [2.45, 2.75) is 19.3 Å². The number of thiol groups is 1. The van der Waals surface area contributed by atoms with Crippen LogP contribution in [0.5, 0.6) is 0 Å². The largest absolute Gasteiger partial charge is 0.305 e. The van der Waals surface area contributed by atoms with Gasteiger partial charge in [-0.1, -0.05) is 30.3 Å². The van der Waals surface area contributed by atoms with Crippen LogP contribution in [0.3, 0.4) is 0 Å². The Morgan fingerprint density at radius 3 is 2.50 bits per heavy atom. The molecule has 2 rings (SSSR count). The Morgan fingerprint density at radius 2 is 1.94 bits per heavy atom. The monoisotopic (exact) mass is 235 g/mol. The van der Waals surface area contributed by atoms with Gasteiger partial charge in [0.05, 0.1) is 0 Å². The molecule has 88 valence electrons. The number of rotatable bonds is 6. The summed E-state index contributed by atoms with van der Waals surface area (Å²) in [6, 6.07) is 10.7. The first kappa shape index (κ1) is 12.0. The molecule has 0 saturated heterocycles. The minimum atomic E-state index is 0.550. The summed E-state index contributed by atoms with van der Waals surface area (Å²) in [4.78, 5) is 2.45. The third-order valence-electron chi connectivity index (χ3n) is 3.52. The van der Waals surface area contributed by atoms with Crippen LogP contribution >= 0.6 is 12.6 Å². The first-order valence-electron chi connectivity index (χ1n) is 6.07. The standard InChI is InChI=1S/C14H21NS/c1-15(11-14(12-16)8-9-14)10-7-13-5-3-2-4-6-13/h2-6,16H,7-12H2,1H3. The molecule has 1 nitrogen and oxygen atoms in total. The number of likely N-dealkylation sites (N-methyl/N-ethyl adjacent to an activating group) is 1. The lowest BCUT2D eigenvalue weighted by Gasteiger charge is -2.22. The van der Waals surface area contributed by atoms with Gasteiger partial charge in [0, 0.05) is 13.1 Å². The van der Waals surface area contributed by atoms with Crippen molar-refractivity contribution in [1.82, 2.24) is 4.90 Å². The Bertz CT molecular complexity index is 319. The number of hydrogen-bond donors (Lipinski definition) is 1. The fourth-order valence-electron chi connectivity index (χ4n) is 2.16. The summed E-state index contributed by atoms with van der Waals surface area (Å²) < 4.78 is 0. The van der Waals surface area contributed by atoms with Gasteiger partial charge in [0.25, 0.3) is 0 Å². The van der Waals surface area contributed by atoms with Crippen molar-refractivity contribution >= 4 is 12.6 Å². The van der Waals surface area contributed by atoms with E-state index in [2.05, 4.69) is 54.9 Å². The van der Waals surface area contributed by atoms with Gasteiger partial charge in [0.2, 0.25) is 0 Å². The quantitative estimate of drug-likeness (QED) is 0.742. The van der Waals surface area contributed by atoms with Gasteiger partial charge in [-0.2, -0.15) is 12.6 Å². The van der Waals surface area contributed by atoms with Gasteiger partial charge in [-0.25, -0.2) is 0 Å². The molecule has 0 spiro atoms. The van der Waals surface area contributed by atoms with Crippen molar-refractivity contribution in [2.75, 3.05) is 25.9 Å². The zero-order valence-corrected chi connectivity index (χ0v) is 10.9. The van der Waals surface area contributed by atoms with Crippen molar-refractivity contribution in [3.8, 4) is 0 Å². The Kier molecular flexibility index (Phi) is 3.93. The molecule has 1 aromatic carbocycles. The molecule has 1 aliphatic rings. The summed E-state index contributed by atoms with van der Waals surface area (Å²) in [5.74, 6) is 1.04. The maximum atomic E-state index is 4.45. The molecule has 16 heavy (non-hydrogen) atoms. The third kappa shape index (κ3) is 3.26. The van der Waals surface area contributed by atoms with Crippen LogP contribution in [-0.4, -0.2) is 30.8 Å². The van der Waals surface area contributed by atoms with E-state index in [1.807, 2.05) is 0 Å². The van der Waals surface area contributed by atoms with Crippen LogP contribution in [-0.2, 0) is 6.42 Å². The minimum Gasteiger partial charge on any atom is -0.305 e. The fourth-order valence-corrected chi connectivity index (χ4v) is 2.58. The Labute approximate surface area is 104 Å². The van der Waals surface area contributed by atoms with E-state index in [1.54, 1.807) is 0 Å². The minimum absolute atomic E-state index is 0.550. The molecule has 0 atom stereocenters. The summed E-state index contributed by atoms with van der Waals surface area (Å²) >= 11 is 4.45. The van der Waals surface area contributed by atoms with E-state index in [-0.39, 0.29) is 0 Å². The number of benzene rings is 1. The molecule has 1 saturated carbocycles. The van der Waals surface area contributed by atoms with Crippen LogP contribution in [0.15, 0.2) is 30.3 Å². The van der Waals surface area contributed by atoms with Gasteiger partial charge in [-0.15, -0.1) is 0 Å². The smallest absolute Gasteiger partial charge is 0.00429 e. The second-order valence-corrected chi connectivity index (χ2v) is 5.45. The first-order valence-corrected chi connectivity index (χ1v) is 6.71. The van der Waals surface area contributed by atoms with Crippen LogP contribution in [0.25, 0.3) is 0 Å². The highest BCUT2D eigenvalue weighted by Gasteiger charge is 2.41. The normalized spacial score (nSPS) is 17.7. The molecule has 2 heteroatoms. The lowest BCUT2D eigenvalue weighted by Crippen LogP contribution is -2.29. The SMILES string of the molecule is CN(CCc1ccccc1)CC1(CS)CC1. The van der Waals surface area contributed by atoms with Gasteiger partial charge in [-0.3, -0.25) is 0 Å². The van der Waals surface area contributed by atoms with Crippen LogP contribution in [0.4, 0.5) is 0 Å². The Balaban J connectivity index is 1.74. The maximum Gasteiger partial charge on any atom is 0.00429 e. The highest BCUT2D eigenvalue weighted by atomic mass is 32.1. The molecule has 1 aromatic rings. The van der Waals surface area contributed by atoms with Crippen molar-refractivity contribution in [3.05, 3.63) is 35.9 Å². The van der Waals surface area contributed by atoms with E-state index in [0.29, 0.717) is 5.41 Å². The average Bonchev–Trinajstić information content (AvgIpc) is 3.08. The van der Waals surface area contributed by atoms with Crippen LogP contribution < -0.4 is 0 Å². The highest BCUT2D eigenvalue weighted by molar-refractivity contribution is 7.80. The van der Waals surface area contributed by atoms with E-state index in [0.717, 1.165) is 18.7 Å². The Morgan fingerprint density at radius 1 is 1.25 bits per heavy atom. The molecule has 0 unspecified atom stereocenters. The molecular weight excluding hydrogens is 214 g/mol. The second kappa shape index (κ2) is 5.24. The Hall–Kier alpha value is -0.470. The van der Waals surface area contributed by atoms with E-state index >= 15 is 0 Å². The van der Waals surface area contributed by atoms with Gasteiger partial charge < -0.3 is 4.90 Å². The van der Waals surface area contributed by atoms with Gasteiger partial charge >= 0.3 is 0 Å². The van der Waals surface area contributed by atoms with E-state index in [4.69, 9.17) is 0 Å². The zero-order chi connectivity index (χ0) is 11.4. The number of nitrogens with zero attached hydrogens (tertiary/aromatic N) is 1. The summed E-state index contributed by atoms with van der Waals surface area (Å²) in [6.45, 7) is 2.36. The molecular formula is C14H21NS. The maximum absolute atomic E-state index is 4.45. The average molecular weight is 235 g/mol. The lowest BCUT2D eigenvalue weighted by atomic mass is 10.1. The molecule has 0 aromatic heterocycles. The summed E-state index contributed by atoms with van der Waals surface area (Å²) in [5, 5.41) is 0. The van der Waals surface area contributed by atoms with Crippen LogP contribution in [0.2, 0.25) is 0 Å². The van der Waals surface area contributed by atoms with E-state index in [1.165, 1.54) is 24.9 Å². The summed E-state index contributed by atoms with van der Waals surface area (Å²) in [5.41, 5.74) is 1.99. The predicted molar refractivity (Wildman–Crippen MR) is 73.2 cm³/mol. The molecule has 1 aliphatic carbocycles. The third-order valence-corrected chi connectivity index (χ3v) is 4.19. The van der Waals surface area contributed by atoms with Crippen LogP contribution in [0, 0.1) is 5.41 Å². The van der Waals surface area contributed by atoms with E-state index in [9.17, 15) is 0 Å². The predicted octanol–water partition coefficient (Wildman–Crippen LogP) is 2.87. The van der Waals surface area contributed by atoms with Crippen molar-refractivity contribution < 1.29 is 0 Å². The van der Waals surface area contributed by atoms with Crippen LogP contribution in [0.1, 0.15) is 18.4 Å². The molecule has 0 amide bonds. The molecule has 0 bridgehead atoms. The van der Waals surface area contributed by atoms with Gasteiger partial charge in [-0.05, 0) is 43.0 Å². The van der Waals surface area contributed by atoms with Crippen molar-refractivity contribution in [1.29, 1.82) is 0 Å². The molecule has 0 aliphatic heterocycles. The molecule has 0 N–H and O–H groups in total. The first-order chi connectivity index (χ1) is 7.74. The fraction of sp³-hybridized carbons (Fsp3) is 0.571. The van der Waals surface area contributed by atoms with Crippen molar-refractivity contribution in [2.24, 2.45) is 5.41 Å².